The Morgan fingerprint density at radius 1 is 1.62 bits per heavy atom. The number of amides is 1. The van der Waals surface area contributed by atoms with Crippen LogP contribution in [0.1, 0.15) is 13.8 Å². The molecule has 0 bridgehead atoms. The number of carbonyl (C=O) groups is 1. The number of anilines is 1. The number of rotatable bonds is 5. The van der Waals surface area contributed by atoms with Crippen LogP contribution in [-0.4, -0.2) is 29.0 Å². The van der Waals surface area contributed by atoms with Crippen LogP contribution in [0.2, 0.25) is 0 Å². The van der Waals surface area contributed by atoms with E-state index < -0.39 is 0 Å². The summed E-state index contributed by atoms with van der Waals surface area (Å²) in [6.07, 6.45) is 3.10. The molecule has 1 aromatic rings. The number of hydrogen-bond donors (Lipinski definition) is 1. The number of hydrogen-bond acceptors (Lipinski definition) is 4. The molecule has 0 aliphatic heterocycles. The lowest BCUT2D eigenvalue weighted by atomic mass is 10.2. The van der Waals surface area contributed by atoms with Gasteiger partial charge in [-0.3, -0.25) is 4.79 Å². The summed E-state index contributed by atoms with van der Waals surface area (Å²) in [6, 6.07) is 0. The lowest BCUT2D eigenvalue weighted by molar-refractivity contribution is -0.116. The fourth-order valence-electron chi connectivity index (χ4n) is 1.39. The standard InChI is InChI=1S/C10H15BrN4O/c1-7(2)4-15(5-9(12)16)10-8(11)3-13-6-14-10/h3,6-7H,4-5H2,1-2H3,(H2,12,16). The third-order valence-electron chi connectivity index (χ3n) is 1.88. The van der Waals surface area contributed by atoms with E-state index in [4.69, 9.17) is 5.73 Å². The van der Waals surface area contributed by atoms with Crippen LogP contribution in [0.5, 0.6) is 0 Å². The van der Waals surface area contributed by atoms with Crippen LogP contribution < -0.4 is 10.6 Å². The Labute approximate surface area is 103 Å². The van der Waals surface area contributed by atoms with E-state index in [2.05, 4.69) is 39.7 Å². The van der Waals surface area contributed by atoms with Crippen molar-refractivity contribution in [1.29, 1.82) is 0 Å². The zero-order valence-electron chi connectivity index (χ0n) is 9.35. The molecule has 0 spiro atoms. The molecule has 0 atom stereocenters. The summed E-state index contributed by atoms with van der Waals surface area (Å²) >= 11 is 3.36. The molecule has 88 valence electrons. The maximum Gasteiger partial charge on any atom is 0.236 e. The van der Waals surface area contributed by atoms with Crippen molar-refractivity contribution in [1.82, 2.24) is 9.97 Å². The van der Waals surface area contributed by atoms with E-state index >= 15 is 0 Å². The molecule has 0 fully saturated rings. The zero-order chi connectivity index (χ0) is 12.1. The van der Waals surface area contributed by atoms with Gasteiger partial charge in [-0.05, 0) is 21.8 Å². The largest absolute Gasteiger partial charge is 0.368 e. The van der Waals surface area contributed by atoms with Gasteiger partial charge in [-0.2, -0.15) is 0 Å². The van der Waals surface area contributed by atoms with Crippen LogP contribution in [0.4, 0.5) is 5.82 Å². The van der Waals surface area contributed by atoms with Crippen molar-refractivity contribution in [3.63, 3.8) is 0 Å². The van der Waals surface area contributed by atoms with Crippen molar-refractivity contribution in [3.8, 4) is 0 Å². The topological polar surface area (TPSA) is 72.1 Å². The van der Waals surface area contributed by atoms with Crippen molar-refractivity contribution in [2.75, 3.05) is 18.0 Å². The Balaban J connectivity index is 2.91. The summed E-state index contributed by atoms with van der Waals surface area (Å²) in [7, 11) is 0. The van der Waals surface area contributed by atoms with E-state index in [0.29, 0.717) is 11.7 Å². The fourth-order valence-corrected chi connectivity index (χ4v) is 1.87. The molecule has 0 aromatic carbocycles. The second-order valence-corrected chi connectivity index (χ2v) is 4.79. The highest BCUT2D eigenvalue weighted by Gasteiger charge is 2.15. The molecular weight excluding hydrogens is 272 g/mol. The van der Waals surface area contributed by atoms with Crippen molar-refractivity contribution >= 4 is 27.7 Å². The first kappa shape index (κ1) is 12.9. The Hall–Kier alpha value is -1.17. The maximum atomic E-state index is 11.0. The van der Waals surface area contributed by atoms with Crippen LogP contribution in [-0.2, 0) is 4.79 Å². The van der Waals surface area contributed by atoms with E-state index in [1.165, 1.54) is 6.33 Å². The number of primary amides is 1. The molecule has 2 N–H and O–H groups in total. The molecule has 0 saturated heterocycles. The van der Waals surface area contributed by atoms with Gasteiger partial charge in [-0.25, -0.2) is 9.97 Å². The summed E-state index contributed by atoms with van der Waals surface area (Å²) < 4.78 is 0.761. The first-order chi connectivity index (χ1) is 7.50. The summed E-state index contributed by atoms with van der Waals surface area (Å²) in [5.74, 6) is 0.745. The molecule has 0 radical (unpaired) electrons. The number of halogens is 1. The lowest BCUT2D eigenvalue weighted by Crippen LogP contribution is -2.37. The molecule has 1 heterocycles. The van der Waals surface area contributed by atoms with Gasteiger partial charge in [-0.15, -0.1) is 0 Å². The summed E-state index contributed by atoms with van der Waals surface area (Å²) in [5, 5.41) is 0. The average molecular weight is 287 g/mol. The number of nitrogens with two attached hydrogens (primary N) is 1. The van der Waals surface area contributed by atoms with E-state index in [9.17, 15) is 4.79 Å². The number of aromatic nitrogens is 2. The molecule has 1 rings (SSSR count). The molecule has 6 heteroatoms. The Morgan fingerprint density at radius 2 is 2.31 bits per heavy atom. The molecule has 1 aromatic heterocycles. The van der Waals surface area contributed by atoms with Crippen LogP contribution in [0.3, 0.4) is 0 Å². The number of nitrogens with zero attached hydrogens (tertiary/aromatic N) is 3. The predicted molar refractivity (Wildman–Crippen MR) is 66.0 cm³/mol. The molecule has 0 aliphatic carbocycles. The van der Waals surface area contributed by atoms with Gasteiger partial charge in [0.2, 0.25) is 5.91 Å². The average Bonchev–Trinajstić information content (AvgIpc) is 2.15. The minimum atomic E-state index is -0.369. The van der Waals surface area contributed by atoms with Crippen LogP contribution in [0, 0.1) is 5.92 Å². The van der Waals surface area contributed by atoms with Gasteiger partial charge >= 0.3 is 0 Å². The molecule has 0 unspecified atom stereocenters. The van der Waals surface area contributed by atoms with Gasteiger partial charge < -0.3 is 10.6 Å². The van der Waals surface area contributed by atoms with Crippen LogP contribution >= 0.6 is 15.9 Å². The van der Waals surface area contributed by atoms with Gasteiger partial charge in [0.1, 0.15) is 12.1 Å². The molecular formula is C10H15BrN4O. The van der Waals surface area contributed by atoms with E-state index in [1.807, 2.05) is 4.90 Å². The molecule has 0 aliphatic rings. The summed E-state index contributed by atoms with van der Waals surface area (Å²) in [4.78, 5) is 20.9. The van der Waals surface area contributed by atoms with Crippen LogP contribution in [0.25, 0.3) is 0 Å². The highest BCUT2D eigenvalue weighted by molar-refractivity contribution is 9.10. The lowest BCUT2D eigenvalue weighted by Gasteiger charge is -2.24. The van der Waals surface area contributed by atoms with Crippen molar-refractivity contribution in [2.45, 2.75) is 13.8 Å². The highest BCUT2D eigenvalue weighted by atomic mass is 79.9. The minimum Gasteiger partial charge on any atom is -0.368 e. The quantitative estimate of drug-likeness (QED) is 0.883. The van der Waals surface area contributed by atoms with Crippen molar-refractivity contribution < 1.29 is 4.79 Å². The second-order valence-electron chi connectivity index (χ2n) is 3.93. The molecule has 1 amide bonds. The Bertz CT molecular complexity index is 370. The zero-order valence-corrected chi connectivity index (χ0v) is 10.9. The van der Waals surface area contributed by atoms with Crippen molar-refractivity contribution in [3.05, 3.63) is 17.0 Å². The summed E-state index contributed by atoms with van der Waals surface area (Å²) in [6.45, 7) is 5.03. The number of carbonyl (C=O) groups excluding carboxylic acids is 1. The molecule has 16 heavy (non-hydrogen) atoms. The van der Waals surface area contributed by atoms with Gasteiger partial charge in [-0.1, -0.05) is 13.8 Å². The minimum absolute atomic E-state index is 0.161. The van der Waals surface area contributed by atoms with E-state index in [0.717, 1.165) is 11.0 Å². The Morgan fingerprint density at radius 3 is 2.81 bits per heavy atom. The van der Waals surface area contributed by atoms with E-state index in [1.54, 1.807) is 6.20 Å². The van der Waals surface area contributed by atoms with E-state index in [-0.39, 0.29) is 12.5 Å². The monoisotopic (exact) mass is 286 g/mol. The smallest absolute Gasteiger partial charge is 0.236 e. The van der Waals surface area contributed by atoms with Gasteiger partial charge in [0.05, 0.1) is 11.0 Å². The van der Waals surface area contributed by atoms with Gasteiger partial charge in [0, 0.05) is 12.7 Å². The SMILES string of the molecule is CC(C)CN(CC(N)=O)c1ncncc1Br. The second kappa shape index (κ2) is 5.79. The first-order valence-electron chi connectivity index (χ1n) is 4.99. The van der Waals surface area contributed by atoms with Crippen molar-refractivity contribution in [2.24, 2.45) is 11.7 Å². The predicted octanol–water partition coefficient (Wildman–Crippen LogP) is 1.19. The van der Waals surface area contributed by atoms with Crippen LogP contribution in [0.15, 0.2) is 17.0 Å². The fraction of sp³-hybridized carbons (Fsp3) is 0.500. The van der Waals surface area contributed by atoms with Gasteiger partial charge in [0.25, 0.3) is 0 Å². The third-order valence-corrected chi connectivity index (χ3v) is 2.44. The van der Waals surface area contributed by atoms with Gasteiger partial charge in [0.15, 0.2) is 0 Å². The summed E-state index contributed by atoms with van der Waals surface area (Å²) in [5.41, 5.74) is 5.22. The maximum absolute atomic E-state index is 11.0. The third kappa shape index (κ3) is 3.77. The highest BCUT2D eigenvalue weighted by Crippen LogP contribution is 2.22. The molecule has 0 saturated carbocycles. The first-order valence-corrected chi connectivity index (χ1v) is 5.78. The Kier molecular flexibility index (Phi) is 4.67. The normalized spacial score (nSPS) is 10.5. The molecule has 5 nitrogen and oxygen atoms in total.